The zero-order valence-electron chi connectivity index (χ0n) is 17.3. The molecule has 0 aliphatic carbocycles. The number of rotatable bonds is 9. The van der Waals surface area contributed by atoms with Crippen LogP contribution in [0.4, 0.5) is 5.82 Å². The van der Waals surface area contributed by atoms with E-state index in [2.05, 4.69) is 59.6 Å². The number of nitrogens with zero attached hydrogens (tertiary/aromatic N) is 5. The molecule has 1 aromatic carbocycles. The van der Waals surface area contributed by atoms with Crippen LogP contribution >= 0.6 is 27.7 Å². The molecule has 1 fully saturated rings. The van der Waals surface area contributed by atoms with E-state index in [-0.39, 0.29) is 0 Å². The molecule has 30 heavy (non-hydrogen) atoms. The Kier molecular flexibility index (Phi) is 7.62. The van der Waals surface area contributed by atoms with Gasteiger partial charge in [-0.25, -0.2) is 15.0 Å². The molecular weight excluding hydrogens is 460 g/mol. The minimum absolute atomic E-state index is 0.454. The van der Waals surface area contributed by atoms with Crippen molar-refractivity contribution in [3.8, 4) is 0 Å². The summed E-state index contributed by atoms with van der Waals surface area (Å²) in [5.41, 5.74) is 9.04. The number of aromatic nitrogens is 4. The first-order valence-corrected chi connectivity index (χ1v) is 12.6. The topological polar surface area (TPSA) is 72.9 Å². The smallest absolute Gasteiger partial charge is 0.191 e. The van der Waals surface area contributed by atoms with Gasteiger partial charge in [0.2, 0.25) is 0 Å². The fourth-order valence-corrected chi connectivity index (χ4v) is 5.29. The van der Waals surface area contributed by atoms with E-state index in [1.165, 1.54) is 50.9 Å². The quantitative estimate of drug-likeness (QED) is 0.202. The number of hydrogen-bond acceptors (Lipinski definition) is 6. The van der Waals surface area contributed by atoms with Crippen molar-refractivity contribution < 1.29 is 0 Å². The molecule has 160 valence electrons. The first kappa shape index (κ1) is 21.6. The number of nitrogens with two attached hydrogens (primary N) is 1. The largest absolute Gasteiger partial charge is 0.382 e. The average Bonchev–Trinajstić information content (AvgIpc) is 3.09. The number of fused-ring (bicyclic) bond motifs is 1. The lowest BCUT2D eigenvalue weighted by Crippen LogP contribution is -2.30. The summed E-state index contributed by atoms with van der Waals surface area (Å²) in [6, 6.07) is 10.5. The summed E-state index contributed by atoms with van der Waals surface area (Å²) >= 11 is 5.24. The SMILES string of the molecule is Nc1nc(SCCc2ccccc2)nc2c1nc(Br)n2CCCCN1CCCCC1. The number of thioether (sulfide) groups is 1. The predicted octanol–water partition coefficient (Wildman–Crippen LogP) is 4.77. The molecule has 1 saturated heterocycles. The van der Waals surface area contributed by atoms with Crippen LogP contribution in [0.2, 0.25) is 0 Å². The van der Waals surface area contributed by atoms with E-state index in [1.54, 1.807) is 11.8 Å². The van der Waals surface area contributed by atoms with Crippen molar-refractivity contribution in [3.63, 3.8) is 0 Å². The van der Waals surface area contributed by atoms with E-state index in [0.717, 1.165) is 40.7 Å². The first-order valence-electron chi connectivity index (χ1n) is 10.8. The molecule has 0 amide bonds. The number of aryl methyl sites for hydroxylation is 2. The summed E-state index contributed by atoms with van der Waals surface area (Å²) < 4.78 is 2.91. The van der Waals surface area contributed by atoms with Crippen molar-refractivity contribution in [1.82, 2.24) is 24.4 Å². The third-order valence-corrected chi connectivity index (χ3v) is 7.03. The Balaban J connectivity index is 1.38. The van der Waals surface area contributed by atoms with Crippen molar-refractivity contribution in [1.29, 1.82) is 0 Å². The molecule has 0 atom stereocenters. The Labute approximate surface area is 190 Å². The fourth-order valence-electron chi connectivity index (χ4n) is 3.93. The Morgan fingerprint density at radius 2 is 1.73 bits per heavy atom. The van der Waals surface area contributed by atoms with Crippen molar-refractivity contribution in [2.24, 2.45) is 0 Å². The van der Waals surface area contributed by atoms with Crippen molar-refractivity contribution >= 4 is 44.7 Å². The molecule has 6 nitrogen and oxygen atoms in total. The number of unbranched alkanes of at least 4 members (excludes halogenated alkanes) is 1. The van der Waals surface area contributed by atoms with Crippen LogP contribution in [0.1, 0.15) is 37.7 Å². The van der Waals surface area contributed by atoms with Crippen LogP contribution in [0.3, 0.4) is 0 Å². The third kappa shape index (κ3) is 5.53. The van der Waals surface area contributed by atoms with E-state index < -0.39 is 0 Å². The number of hydrogen-bond donors (Lipinski definition) is 1. The van der Waals surface area contributed by atoms with Gasteiger partial charge in [0.25, 0.3) is 0 Å². The molecule has 4 rings (SSSR count). The molecule has 8 heteroatoms. The average molecular weight is 489 g/mol. The summed E-state index contributed by atoms with van der Waals surface area (Å²) in [5.74, 6) is 1.37. The number of benzene rings is 1. The standard InChI is InChI=1S/C22H29BrN6S/c23-21-25-18-19(24)26-22(30-16-11-17-9-3-1-4-10-17)27-20(18)29(21)15-8-7-14-28-12-5-2-6-13-28/h1,3-4,9-10H,2,5-8,11-16H2,(H2,24,26,27). The van der Waals surface area contributed by atoms with Crippen LogP contribution in [0, 0.1) is 0 Å². The van der Waals surface area contributed by atoms with Crippen molar-refractivity contribution in [3.05, 3.63) is 40.6 Å². The number of piperidine rings is 1. The molecule has 2 N–H and O–H groups in total. The summed E-state index contributed by atoms with van der Waals surface area (Å²) in [6.45, 7) is 4.58. The van der Waals surface area contributed by atoms with E-state index in [0.29, 0.717) is 11.3 Å². The molecule has 0 spiro atoms. The van der Waals surface area contributed by atoms with Crippen LogP contribution in [0.15, 0.2) is 40.2 Å². The van der Waals surface area contributed by atoms with Gasteiger partial charge in [0.15, 0.2) is 26.9 Å². The molecule has 0 saturated carbocycles. The highest BCUT2D eigenvalue weighted by atomic mass is 79.9. The molecule has 0 unspecified atom stereocenters. The van der Waals surface area contributed by atoms with Crippen molar-refractivity contribution in [2.75, 3.05) is 31.1 Å². The Bertz CT molecular complexity index is 955. The van der Waals surface area contributed by atoms with E-state index in [4.69, 9.17) is 10.7 Å². The highest BCUT2D eigenvalue weighted by Crippen LogP contribution is 2.26. The monoisotopic (exact) mass is 488 g/mol. The fraction of sp³-hybridized carbons (Fsp3) is 0.500. The van der Waals surface area contributed by atoms with Gasteiger partial charge >= 0.3 is 0 Å². The summed E-state index contributed by atoms with van der Waals surface area (Å²) in [7, 11) is 0. The predicted molar refractivity (Wildman–Crippen MR) is 128 cm³/mol. The number of nitrogen functional groups attached to an aromatic ring is 1. The van der Waals surface area contributed by atoms with Gasteiger partial charge in [-0.2, -0.15) is 0 Å². The molecule has 3 aromatic rings. The zero-order chi connectivity index (χ0) is 20.8. The lowest BCUT2D eigenvalue weighted by Gasteiger charge is -2.26. The third-order valence-electron chi connectivity index (χ3n) is 5.57. The number of anilines is 1. The maximum atomic E-state index is 6.21. The second-order valence-corrected chi connectivity index (χ2v) is 9.56. The van der Waals surface area contributed by atoms with Crippen LogP contribution < -0.4 is 5.73 Å². The Morgan fingerprint density at radius 3 is 2.53 bits per heavy atom. The molecule has 0 radical (unpaired) electrons. The van der Waals surface area contributed by atoms with Crippen molar-refractivity contribution in [2.45, 2.75) is 50.2 Å². The van der Waals surface area contributed by atoms with Gasteiger partial charge in [-0.1, -0.05) is 48.5 Å². The van der Waals surface area contributed by atoms with Gasteiger partial charge in [-0.3, -0.25) is 0 Å². The van der Waals surface area contributed by atoms with Gasteiger partial charge in [0.05, 0.1) is 0 Å². The molecule has 3 heterocycles. The van der Waals surface area contributed by atoms with E-state index >= 15 is 0 Å². The second-order valence-electron chi connectivity index (χ2n) is 7.79. The second kappa shape index (κ2) is 10.6. The summed E-state index contributed by atoms with van der Waals surface area (Å²) in [5, 5.41) is 0.720. The minimum Gasteiger partial charge on any atom is -0.382 e. The molecule has 2 aromatic heterocycles. The number of likely N-dealkylation sites (tertiary alicyclic amines) is 1. The lowest BCUT2D eigenvalue weighted by molar-refractivity contribution is 0.223. The van der Waals surface area contributed by atoms with Crippen LogP contribution in [0.25, 0.3) is 11.2 Å². The highest BCUT2D eigenvalue weighted by molar-refractivity contribution is 9.10. The van der Waals surface area contributed by atoms with E-state index in [1.807, 2.05) is 6.07 Å². The summed E-state index contributed by atoms with van der Waals surface area (Å²) in [4.78, 5) is 16.4. The maximum Gasteiger partial charge on any atom is 0.191 e. The van der Waals surface area contributed by atoms with Gasteiger partial charge in [0.1, 0.15) is 0 Å². The Morgan fingerprint density at radius 1 is 0.967 bits per heavy atom. The Hall–Kier alpha value is -1.64. The minimum atomic E-state index is 0.454. The maximum absolute atomic E-state index is 6.21. The van der Waals surface area contributed by atoms with Crippen LogP contribution in [0.5, 0.6) is 0 Å². The number of imidazole rings is 1. The van der Waals surface area contributed by atoms with Crippen LogP contribution in [-0.4, -0.2) is 49.8 Å². The highest BCUT2D eigenvalue weighted by Gasteiger charge is 2.16. The summed E-state index contributed by atoms with van der Waals surface area (Å²) in [6.07, 6.45) is 7.34. The lowest BCUT2D eigenvalue weighted by atomic mass is 10.1. The van der Waals surface area contributed by atoms with E-state index in [9.17, 15) is 0 Å². The normalized spacial score (nSPS) is 15.1. The van der Waals surface area contributed by atoms with Gasteiger partial charge in [-0.05, 0) is 73.2 Å². The van der Waals surface area contributed by atoms with Gasteiger partial charge in [0, 0.05) is 12.3 Å². The molecular formula is C22H29BrN6S. The van der Waals surface area contributed by atoms with Gasteiger partial charge in [-0.15, -0.1) is 0 Å². The van der Waals surface area contributed by atoms with Gasteiger partial charge < -0.3 is 15.2 Å². The first-order chi connectivity index (χ1) is 14.7. The molecule has 1 aliphatic heterocycles. The molecule has 1 aliphatic rings. The molecule has 0 bridgehead atoms. The zero-order valence-corrected chi connectivity index (χ0v) is 19.7. The number of halogens is 1. The van der Waals surface area contributed by atoms with Crippen LogP contribution in [-0.2, 0) is 13.0 Å².